The summed E-state index contributed by atoms with van der Waals surface area (Å²) in [6.45, 7) is 2.14. The summed E-state index contributed by atoms with van der Waals surface area (Å²) in [5.41, 5.74) is 3.20. The van der Waals surface area contributed by atoms with Crippen molar-refractivity contribution >= 4 is 40.5 Å². The van der Waals surface area contributed by atoms with Crippen molar-refractivity contribution in [3.05, 3.63) is 151 Å². The second-order valence-corrected chi connectivity index (χ2v) is 12.6. The first kappa shape index (κ1) is 26.2. The van der Waals surface area contributed by atoms with E-state index in [-0.39, 0.29) is 5.97 Å². The molecule has 0 N–H and O–H groups in total. The van der Waals surface area contributed by atoms with E-state index in [0.29, 0.717) is 17.9 Å². The Morgan fingerprint density at radius 3 is 1.41 bits per heavy atom. The lowest BCUT2D eigenvalue weighted by Gasteiger charge is -2.27. The maximum atomic E-state index is 11.9. The monoisotopic (exact) mass is 529 g/mol. The molecule has 5 aromatic carbocycles. The summed E-state index contributed by atoms with van der Waals surface area (Å²) in [6, 6.07) is 48.0. The van der Waals surface area contributed by atoms with Crippen LogP contribution in [0.3, 0.4) is 0 Å². The Labute approximate surface area is 230 Å². The normalized spacial score (nSPS) is 11.4. The molecule has 0 aliphatic heterocycles. The van der Waals surface area contributed by atoms with Crippen molar-refractivity contribution in [1.82, 2.24) is 0 Å². The minimum absolute atomic E-state index is 0.336. The molecule has 0 aliphatic rings. The summed E-state index contributed by atoms with van der Waals surface area (Å²) >= 11 is 0. The third kappa shape index (κ3) is 6.03. The van der Waals surface area contributed by atoms with Gasteiger partial charge in [-0.3, -0.25) is 0 Å². The van der Waals surface area contributed by atoms with E-state index in [0.717, 1.165) is 11.8 Å². The van der Waals surface area contributed by atoms with E-state index in [1.807, 2.05) is 12.1 Å². The fourth-order valence-corrected chi connectivity index (χ4v) is 8.95. The molecule has 5 aromatic rings. The fraction of sp³-hybridized carbons (Fsp3) is 0.0882. The topological polar surface area (TPSA) is 51.0 Å². The van der Waals surface area contributed by atoms with Gasteiger partial charge in [-0.15, -0.1) is 0 Å². The molecule has 0 saturated heterocycles. The molecule has 39 heavy (non-hydrogen) atoms. The lowest BCUT2D eigenvalue weighted by Crippen LogP contribution is -2.32. The van der Waals surface area contributed by atoms with Crippen molar-refractivity contribution in [2.45, 2.75) is 13.1 Å². The highest BCUT2D eigenvalue weighted by Crippen LogP contribution is 2.58. The Bertz CT molecular complexity index is 1420. The van der Waals surface area contributed by atoms with Gasteiger partial charge in [0.05, 0.1) is 29.7 Å². The first-order chi connectivity index (χ1) is 19.2. The minimum Gasteiger partial charge on any atom is -0.462 e. The van der Waals surface area contributed by atoms with Crippen molar-refractivity contribution < 1.29 is 9.53 Å². The number of ether oxygens (including phenoxy) is 1. The van der Waals surface area contributed by atoms with E-state index in [1.54, 1.807) is 31.2 Å². The van der Waals surface area contributed by atoms with Crippen LogP contribution in [0.15, 0.2) is 150 Å². The van der Waals surface area contributed by atoms with E-state index in [1.165, 1.54) is 21.5 Å². The molecule has 5 heteroatoms. The van der Waals surface area contributed by atoms with Crippen LogP contribution in [-0.2, 0) is 10.9 Å². The van der Waals surface area contributed by atoms with Gasteiger partial charge in [-0.05, 0) is 85.3 Å². The Morgan fingerprint density at radius 1 is 0.590 bits per heavy atom. The molecule has 5 rings (SSSR count). The van der Waals surface area contributed by atoms with Gasteiger partial charge in [-0.1, -0.05) is 66.7 Å². The summed E-state index contributed by atoms with van der Waals surface area (Å²) in [5, 5.41) is 12.8. The predicted octanol–water partition coefficient (Wildman–Crippen LogP) is 7.77. The maximum Gasteiger partial charge on any atom is 0.338 e. The molecule has 0 atom stereocenters. The Balaban J connectivity index is 1.44. The van der Waals surface area contributed by atoms with Gasteiger partial charge in [0.1, 0.15) is 23.2 Å². The number of azo groups is 1. The van der Waals surface area contributed by atoms with Crippen molar-refractivity contribution in [3.8, 4) is 0 Å². The van der Waals surface area contributed by atoms with Crippen LogP contribution >= 0.6 is 7.26 Å². The molecule has 0 radical (unpaired) electrons. The van der Waals surface area contributed by atoms with Crippen LogP contribution in [0.1, 0.15) is 22.8 Å². The Hall–Kier alpha value is -4.40. The third-order valence-electron chi connectivity index (χ3n) is 6.61. The zero-order valence-electron chi connectivity index (χ0n) is 21.9. The average molecular weight is 530 g/mol. The fourth-order valence-electron chi connectivity index (χ4n) is 4.70. The molecule has 0 spiro atoms. The minimum atomic E-state index is -1.96. The van der Waals surface area contributed by atoms with Crippen LogP contribution in [-0.4, -0.2) is 12.6 Å². The molecule has 192 valence electrons. The third-order valence-corrected chi connectivity index (χ3v) is 11.0. The number of carbonyl (C=O) groups excluding carboxylic acids is 1. The molecule has 0 amide bonds. The van der Waals surface area contributed by atoms with Gasteiger partial charge in [0.2, 0.25) is 0 Å². The second kappa shape index (κ2) is 12.4. The quantitative estimate of drug-likeness (QED) is 0.111. The molecule has 4 nitrogen and oxygen atoms in total. The van der Waals surface area contributed by atoms with E-state index in [9.17, 15) is 4.79 Å². The largest absolute Gasteiger partial charge is 0.462 e. The number of hydrogen-bond donors (Lipinski definition) is 0. The Kier molecular flexibility index (Phi) is 8.36. The molecule has 0 fully saturated rings. The van der Waals surface area contributed by atoms with Crippen molar-refractivity contribution in [2.24, 2.45) is 10.2 Å². The number of nitrogens with zero attached hydrogens (tertiary/aromatic N) is 2. The van der Waals surface area contributed by atoms with Crippen LogP contribution in [0.25, 0.3) is 0 Å². The van der Waals surface area contributed by atoms with E-state index in [4.69, 9.17) is 4.74 Å². The second-order valence-electron chi connectivity index (χ2n) is 9.11. The molecule has 0 heterocycles. The molecule has 0 aliphatic carbocycles. The highest BCUT2D eigenvalue weighted by molar-refractivity contribution is 7.95. The first-order valence-corrected chi connectivity index (χ1v) is 15.0. The van der Waals surface area contributed by atoms with Crippen LogP contribution in [0, 0.1) is 0 Å². The molecular formula is C34H30N2O2P+. The first-order valence-electron chi connectivity index (χ1n) is 13.0. The number of esters is 1. The summed E-state index contributed by atoms with van der Waals surface area (Å²) in [5.74, 6) is -0.336. The summed E-state index contributed by atoms with van der Waals surface area (Å²) in [4.78, 5) is 11.9. The smallest absolute Gasteiger partial charge is 0.338 e. The van der Waals surface area contributed by atoms with Crippen LogP contribution < -0.4 is 15.9 Å². The van der Waals surface area contributed by atoms with E-state index < -0.39 is 7.26 Å². The van der Waals surface area contributed by atoms with Crippen LogP contribution in [0.2, 0.25) is 0 Å². The van der Waals surface area contributed by atoms with Gasteiger partial charge in [0.15, 0.2) is 0 Å². The van der Waals surface area contributed by atoms with Gasteiger partial charge < -0.3 is 4.74 Å². The molecule has 0 bridgehead atoms. The number of rotatable bonds is 9. The maximum absolute atomic E-state index is 11.9. The molecule has 0 aromatic heterocycles. The van der Waals surface area contributed by atoms with Crippen LogP contribution in [0.4, 0.5) is 11.4 Å². The standard InChI is InChI=1S/C34H30N2O2P/c1-2-38-34(37)28-20-24-30(25-21-28)36-35-29-22-18-27(19-23-29)26-39(31-12-6-3-7-13-31,32-14-8-4-9-15-32)33-16-10-5-11-17-33/h3-25H,2,26H2,1H3/q+1. The van der Waals surface area contributed by atoms with Crippen molar-refractivity contribution in [1.29, 1.82) is 0 Å². The lowest BCUT2D eigenvalue weighted by molar-refractivity contribution is 0.0526. The average Bonchev–Trinajstić information content (AvgIpc) is 3.01. The SMILES string of the molecule is CCOC(=O)c1ccc(N=Nc2ccc(C[P+](c3ccccc3)(c3ccccc3)c3ccccc3)cc2)cc1. The van der Waals surface area contributed by atoms with Gasteiger partial charge in [0.25, 0.3) is 0 Å². The number of benzene rings is 5. The zero-order chi connectivity index (χ0) is 26.9. The Morgan fingerprint density at radius 2 is 1.00 bits per heavy atom. The highest BCUT2D eigenvalue weighted by Gasteiger charge is 2.45. The highest BCUT2D eigenvalue weighted by atomic mass is 31.2. The van der Waals surface area contributed by atoms with Crippen LogP contribution in [0.5, 0.6) is 0 Å². The molecule has 0 unspecified atom stereocenters. The van der Waals surface area contributed by atoms with Gasteiger partial charge >= 0.3 is 5.97 Å². The zero-order valence-corrected chi connectivity index (χ0v) is 22.7. The summed E-state index contributed by atoms with van der Waals surface area (Å²) < 4.78 is 5.04. The summed E-state index contributed by atoms with van der Waals surface area (Å²) in [7, 11) is -1.96. The predicted molar refractivity (Wildman–Crippen MR) is 162 cm³/mol. The van der Waals surface area contributed by atoms with Crippen molar-refractivity contribution in [3.63, 3.8) is 0 Å². The van der Waals surface area contributed by atoms with Crippen molar-refractivity contribution in [2.75, 3.05) is 6.61 Å². The molecule has 0 saturated carbocycles. The number of hydrogen-bond acceptors (Lipinski definition) is 4. The van der Waals surface area contributed by atoms with Gasteiger partial charge in [-0.2, -0.15) is 10.2 Å². The summed E-state index contributed by atoms with van der Waals surface area (Å²) in [6.07, 6.45) is 0.901. The lowest BCUT2D eigenvalue weighted by atomic mass is 10.2. The van der Waals surface area contributed by atoms with Gasteiger partial charge in [-0.25, -0.2) is 4.79 Å². The van der Waals surface area contributed by atoms with E-state index >= 15 is 0 Å². The van der Waals surface area contributed by atoms with Gasteiger partial charge in [0, 0.05) is 0 Å². The van der Waals surface area contributed by atoms with E-state index in [2.05, 4.69) is 113 Å². The number of carbonyl (C=O) groups is 1. The molecular weight excluding hydrogens is 499 g/mol.